The van der Waals surface area contributed by atoms with Crippen LogP contribution in [-0.4, -0.2) is 9.13 Å². The van der Waals surface area contributed by atoms with Gasteiger partial charge in [0.1, 0.15) is 0 Å². The topological polar surface area (TPSA) is 26.9 Å². The third kappa shape index (κ3) is 4.65. The third-order valence-electron chi connectivity index (χ3n) is 10.9. The predicted octanol–water partition coefficient (Wildman–Crippen LogP) is 13.0. The van der Waals surface area contributed by atoms with E-state index in [1.54, 1.807) is 0 Å². The van der Waals surface area contributed by atoms with Crippen LogP contribution in [0.2, 0.25) is 0 Å². The second-order valence-corrected chi connectivity index (χ2v) is 13.7. The van der Waals surface area contributed by atoms with E-state index in [0.717, 1.165) is 71.8 Å². The Labute approximate surface area is 312 Å². The molecule has 10 rings (SSSR count). The molecule has 0 aliphatic rings. The van der Waals surface area contributed by atoms with E-state index in [2.05, 4.69) is 133 Å². The third-order valence-corrected chi connectivity index (χ3v) is 10.9. The van der Waals surface area contributed by atoms with E-state index < -0.39 is 0 Å². The van der Waals surface area contributed by atoms with Gasteiger partial charge in [0.25, 0.3) is 5.56 Å². The summed E-state index contributed by atoms with van der Waals surface area (Å²) >= 11 is 0. The molecule has 0 saturated heterocycles. The van der Waals surface area contributed by atoms with Crippen LogP contribution in [0, 0.1) is 0 Å². The van der Waals surface area contributed by atoms with Crippen molar-refractivity contribution in [2.75, 3.05) is 0 Å². The fourth-order valence-corrected chi connectivity index (χ4v) is 8.57. The lowest BCUT2D eigenvalue weighted by atomic mass is 9.83. The summed E-state index contributed by atoms with van der Waals surface area (Å²) in [5.41, 5.74) is 11.6. The summed E-state index contributed by atoms with van der Waals surface area (Å²) in [6, 6.07) is 58.9. The first-order valence-electron chi connectivity index (χ1n) is 18.2. The summed E-state index contributed by atoms with van der Waals surface area (Å²) in [4.78, 5) is 14.0. The highest BCUT2D eigenvalue weighted by molar-refractivity contribution is 6.14. The molecule has 0 bridgehead atoms. The molecule has 0 unspecified atom stereocenters. The number of fused-ring (bicyclic) bond motifs is 7. The Balaban J connectivity index is 1.20. The lowest BCUT2D eigenvalue weighted by Crippen LogP contribution is -2.19. The van der Waals surface area contributed by atoms with E-state index in [4.69, 9.17) is 0 Å². The van der Waals surface area contributed by atoms with Crippen molar-refractivity contribution in [2.24, 2.45) is 0 Å². The highest BCUT2D eigenvalue weighted by atomic mass is 16.1. The maximum absolute atomic E-state index is 14.0. The summed E-state index contributed by atoms with van der Waals surface area (Å²) in [5, 5.41) is 7.37. The Morgan fingerprint density at radius 2 is 0.815 bits per heavy atom. The van der Waals surface area contributed by atoms with Crippen molar-refractivity contribution in [3.05, 3.63) is 204 Å². The van der Waals surface area contributed by atoms with Gasteiger partial charge in [0.05, 0.1) is 16.6 Å². The molecule has 2 heterocycles. The molecule has 8 aromatic carbocycles. The number of para-hydroxylation sites is 3. The smallest absolute Gasteiger partial charge is 0.263 e. The molecule has 0 saturated carbocycles. The molecule has 0 aliphatic carbocycles. The largest absolute Gasteiger partial charge is 0.309 e. The average Bonchev–Trinajstić information content (AvgIpc) is 3.57. The van der Waals surface area contributed by atoms with Gasteiger partial charge in [-0.25, -0.2) is 0 Å². The number of hydrogen-bond acceptors (Lipinski definition) is 1. The molecule has 0 aliphatic heterocycles. The number of nitrogens with zero attached hydrogens (tertiary/aromatic N) is 2. The van der Waals surface area contributed by atoms with Crippen LogP contribution < -0.4 is 5.56 Å². The van der Waals surface area contributed by atoms with Gasteiger partial charge in [-0.3, -0.25) is 9.36 Å². The van der Waals surface area contributed by atoms with E-state index in [1.165, 1.54) is 21.8 Å². The molecule has 2 aromatic heterocycles. The Hall–Kier alpha value is -7.23. The minimum atomic E-state index is -0.0308. The molecule has 3 heteroatoms. The molecule has 54 heavy (non-hydrogen) atoms. The Bertz CT molecular complexity index is 3150. The molecule has 0 N–H and O–H groups in total. The Kier molecular flexibility index (Phi) is 7.27. The normalized spacial score (nSPS) is 11.6. The molecule has 254 valence electrons. The van der Waals surface area contributed by atoms with E-state index >= 15 is 0 Å². The van der Waals surface area contributed by atoms with Crippen molar-refractivity contribution in [3.8, 4) is 33.6 Å². The van der Waals surface area contributed by atoms with Gasteiger partial charge >= 0.3 is 0 Å². The molecule has 3 nitrogen and oxygen atoms in total. The summed E-state index contributed by atoms with van der Waals surface area (Å²) in [7, 11) is 0. The molecule has 0 fully saturated rings. The van der Waals surface area contributed by atoms with Gasteiger partial charge in [0, 0.05) is 32.9 Å². The summed E-state index contributed by atoms with van der Waals surface area (Å²) in [6.07, 6.45) is 3.93. The van der Waals surface area contributed by atoms with Crippen LogP contribution in [0.4, 0.5) is 0 Å². The van der Waals surface area contributed by atoms with Crippen molar-refractivity contribution in [1.29, 1.82) is 0 Å². The lowest BCUT2D eigenvalue weighted by molar-refractivity contribution is 1.06. The quantitative estimate of drug-likeness (QED) is 0.160. The van der Waals surface area contributed by atoms with E-state index in [-0.39, 0.29) is 5.56 Å². The number of pyridine rings is 1. The second-order valence-electron chi connectivity index (χ2n) is 13.7. The first-order valence-corrected chi connectivity index (χ1v) is 18.2. The van der Waals surface area contributed by atoms with Crippen molar-refractivity contribution < 1.29 is 0 Å². The van der Waals surface area contributed by atoms with Crippen LogP contribution in [-0.2, 0) is 0 Å². The monoisotopic (exact) mass is 690 g/mol. The molecule has 10 aromatic rings. The van der Waals surface area contributed by atoms with Gasteiger partial charge in [0.2, 0.25) is 0 Å². The summed E-state index contributed by atoms with van der Waals surface area (Å²) < 4.78 is 4.18. The maximum atomic E-state index is 14.0. The molecule has 0 radical (unpaired) electrons. The number of aromatic nitrogens is 2. The zero-order valence-corrected chi connectivity index (χ0v) is 29.5. The van der Waals surface area contributed by atoms with Gasteiger partial charge in [-0.15, -0.1) is 0 Å². The van der Waals surface area contributed by atoms with E-state index in [9.17, 15) is 4.79 Å². The molecular weight excluding hydrogens is 657 g/mol. The predicted molar refractivity (Wildman–Crippen MR) is 230 cm³/mol. The van der Waals surface area contributed by atoms with Crippen LogP contribution in [0.1, 0.15) is 11.1 Å². The van der Waals surface area contributed by atoms with Crippen molar-refractivity contribution in [1.82, 2.24) is 9.13 Å². The Morgan fingerprint density at radius 3 is 1.41 bits per heavy atom. The van der Waals surface area contributed by atoms with Crippen LogP contribution in [0.5, 0.6) is 0 Å². The Morgan fingerprint density at radius 1 is 0.370 bits per heavy atom. The van der Waals surface area contributed by atoms with Gasteiger partial charge in [-0.05, 0) is 104 Å². The minimum Gasteiger partial charge on any atom is -0.309 e. The van der Waals surface area contributed by atoms with Crippen molar-refractivity contribution in [3.63, 3.8) is 0 Å². The van der Waals surface area contributed by atoms with E-state index in [1.807, 2.05) is 71.3 Å². The molecular formula is C51H34N2O. The van der Waals surface area contributed by atoms with Gasteiger partial charge in [-0.1, -0.05) is 141 Å². The maximum Gasteiger partial charge on any atom is 0.263 e. The standard InChI is InChI=1S/C51H34N2O/c1-3-37-38(4-2)50(34-28-31-48-45(32-34)39-18-8-11-23-44(39)51(54)53(48)35-16-6-5-7-17-35)43-22-10-9-21-42(43)49(37)33-26-29-36(30-27-33)52-46-24-14-12-19-40(46)41-20-13-15-25-47(41)52/h3-32H,1-2H2. The van der Waals surface area contributed by atoms with Crippen molar-refractivity contribution >= 4 is 66.4 Å². The van der Waals surface area contributed by atoms with Crippen LogP contribution in [0.25, 0.3) is 100 Å². The number of benzene rings is 8. The van der Waals surface area contributed by atoms with Gasteiger partial charge in [0.15, 0.2) is 0 Å². The second kappa shape index (κ2) is 12.5. The number of hydrogen-bond donors (Lipinski definition) is 0. The van der Waals surface area contributed by atoms with Crippen molar-refractivity contribution in [2.45, 2.75) is 0 Å². The van der Waals surface area contributed by atoms with Crippen LogP contribution in [0.3, 0.4) is 0 Å². The first-order chi connectivity index (χ1) is 26.7. The van der Waals surface area contributed by atoms with Crippen LogP contribution >= 0.6 is 0 Å². The minimum absolute atomic E-state index is 0.0308. The highest BCUT2D eigenvalue weighted by Crippen LogP contribution is 2.44. The molecule has 0 atom stereocenters. The molecule has 0 spiro atoms. The summed E-state index contributed by atoms with van der Waals surface area (Å²) in [5.74, 6) is 0. The van der Waals surface area contributed by atoms with E-state index in [0.29, 0.717) is 5.39 Å². The zero-order valence-electron chi connectivity index (χ0n) is 29.5. The van der Waals surface area contributed by atoms with Gasteiger partial charge < -0.3 is 4.57 Å². The fourth-order valence-electron chi connectivity index (χ4n) is 8.57. The van der Waals surface area contributed by atoms with Crippen LogP contribution in [0.15, 0.2) is 188 Å². The zero-order chi connectivity index (χ0) is 36.3. The SMILES string of the molecule is C=Cc1c(C=C)c(-c2ccc3c(c2)c2ccccc2c(=O)n3-c2ccccc2)c2ccccc2c1-c1ccc(-n2c3ccccc3c3ccccc32)cc1. The first kappa shape index (κ1) is 31.5. The summed E-state index contributed by atoms with van der Waals surface area (Å²) in [6.45, 7) is 8.70. The average molecular weight is 691 g/mol. The van der Waals surface area contributed by atoms with Gasteiger partial charge in [-0.2, -0.15) is 0 Å². The fraction of sp³-hybridized carbons (Fsp3) is 0. The highest BCUT2D eigenvalue weighted by Gasteiger charge is 2.21. The molecule has 0 amide bonds. The lowest BCUT2D eigenvalue weighted by Gasteiger charge is -2.21. The number of rotatable bonds is 6.